The normalized spacial score (nSPS) is 17.9. The fraction of sp³-hybridized carbons (Fsp3) is 0.409. The molecule has 0 bridgehead atoms. The molecular weight excluding hydrogens is 450 g/mol. The molecule has 32 heavy (non-hydrogen) atoms. The lowest BCUT2D eigenvalue weighted by Crippen LogP contribution is -2.43. The SMILES string of the molecule is CCN(CC)S(=O)(=O)c1ccc(NC(=O)[C@H]2CCCN(S(=O)(=O)c3ccccc3)C2)cc1. The lowest BCUT2D eigenvalue weighted by molar-refractivity contribution is -0.120. The third-order valence-electron chi connectivity index (χ3n) is 5.60. The van der Waals surface area contributed by atoms with E-state index in [0.29, 0.717) is 38.2 Å². The number of sulfonamides is 2. The van der Waals surface area contributed by atoms with E-state index in [0.717, 1.165) is 0 Å². The van der Waals surface area contributed by atoms with E-state index >= 15 is 0 Å². The number of carbonyl (C=O) groups is 1. The summed E-state index contributed by atoms with van der Waals surface area (Å²) in [6.07, 6.45) is 1.17. The summed E-state index contributed by atoms with van der Waals surface area (Å²) >= 11 is 0. The Morgan fingerprint density at radius 2 is 1.59 bits per heavy atom. The molecule has 1 fully saturated rings. The lowest BCUT2D eigenvalue weighted by atomic mass is 9.99. The van der Waals surface area contributed by atoms with Crippen LogP contribution < -0.4 is 5.32 Å². The molecule has 174 valence electrons. The van der Waals surface area contributed by atoms with E-state index < -0.39 is 26.0 Å². The second kappa shape index (κ2) is 10.1. The minimum absolute atomic E-state index is 0.109. The number of benzene rings is 2. The number of piperidine rings is 1. The van der Waals surface area contributed by atoms with Crippen LogP contribution in [0.2, 0.25) is 0 Å². The highest BCUT2D eigenvalue weighted by Gasteiger charge is 2.33. The van der Waals surface area contributed by atoms with Gasteiger partial charge in [0.15, 0.2) is 0 Å². The quantitative estimate of drug-likeness (QED) is 0.627. The van der Waals surface area contributed by atoms with Crippen molar-refractivity contribution < 1.29 is 21.6 Å². The van der Waals surface area contributed by atoms with Gasteiger partial charge >= 0.3 is 0 Å². The average Bonchev–Trinajstić information content (AvgIpc) is 2.80. The zero-order valence-electron chi connectivity index (χ0n) is 18.3. The Labute approximate surface area is 190 Å². The van der Waals surface area contributed by atoms with Crippen molar-refractivity contribution in [3.05, 3.63) is 54.6 Å². The average molecular weight is 480 g/mol. The smallest absolute Gasteiger partial charge is 0.243 e. The lowest BCUT2D eigenvalue weighted by Gasteiger charge is -2.31. The van der Waals surface area contributed by atoms with Crippen molar-refractivity contribution in [2.75, 3.05) is 31.5 Å². The molecule has 1 N–H and O–H groups in total. The maximum absolute atomic E-state index is 12.9. The Bertz CT molecular complexity index is 1130. The van der Waals surface area contributed by atoms with E-state index in [2.05, 4.69) is 5.32 Å². The molecule has 3 rings (SSSR count). The summed E-state index contributed by atoms with van der Waals surface area (Å²) < 4.78 is 53.7. The molecule has 0 aliphatic carbocycles. The van der Waals surface area contributed by atoms with Crippen molar-refractivity contribution in [1.82, 2.24) is 8.61 Å². The molecule has 1 aliphatic rings. The maximum atomic E-state index is 12.9. The minimum Gasteiger partial charge on any atom is -0.326 e. The van der Waals surface area contributed by atoms with Gasteiger partial charge in [-0.1, -0.05) is 32.0 Å². The number of amides is 1. The number of hydrogen-bond acceptors (Lipinski definition) is 5. The van der Waals surface area contributed by atoms with Gasteiger partial charge in [-0.2, -0.15) is 8.61 Å². The molecule has 0 unspecified atom stereocenters. The fourth-order valence-electron chi connectivity index (χ4n) is 3.78. The first-order valence-corrected chi connectivity index (χ1v) is 13.5. The van der Waals surface area contributed by atoms with Gasteiger partial charge in [-0.05, 0) is 49.2 Å². The summed E-state index contributed by atoms with van der Waals surface area (Å²) in [4.78, 5) is 13.2. The Balaban J connectivity index is 1.68. The molecule has 2 aromatic rings. The highest BCUT2D eigenvalue weighted by atomic mass is 32.2. The Morgan fingerprint density at radius 3 is 2.19 bits per heavy atom. The number of anilines is 1. The van der Waals surface area contributed by atoms with E-state index in [1.54, 1.807) is 56.3 Å². The van der Waals surface area contributed by atoms with Crippen molar-refractivity contribution in [3.63, 3.8) is 0 Å². The van der Waals surface area contributed by atoms with Crippen molar-refractivity contribution in [1.29, 1.82) is 0 Å². The Kier molecular flexibility index (Phi) is 7.71. The predicted molar refractivity (Wildman–Crippen MR) is 123 cm³/mol. The van der Waals surface area contributed by atoms with Crippen molar-refractivity contribution in [2.45, 2.75) is 36.5 Å². The minimum atomic E-state index is -3.65. The second-order valence-electron chi connectivity index (χ2n) is 7.62. The Hall–Kier alpha value is -2.27. The first-order chi connectivity index (χ1) is 15.2. The first-order valence-electron chi connectivity index (χ1n) is 10.7. The first kappa shape index (κ1) is 24.4. The van der Waals surface area contributed by atoms with Crippen LogP contribution in [0.5, 0.6) is 0 Å². The molecule has 0 saturated carbocycles. The number of carbonyl (C=O) groups excluding carboxylic acids is 1. The zero-order valence-corrected chi connectivity index (χ0v) is 19.9. The maximum Gasteiger partial charge on any atom is 0.243 e. The van der Waals surface area contributed by atoms with Gasteiger partial charge in [0, 0.05) is 31.9 Å². The molecule has 1 atom stereocenters. The molecule has 8 nitrogen and oxygen atoms in total. The number of nitrogens with one attached hydrogen (secondary N) is 1. The monoisotopic (exact) mass is 479 g/mol. The molecule has 1 heterocycles. The van der Waals surface area contributed by atoms with Gasteiger partial charge in [-0.3, -0.25) is 4.79 Å². The number of rotatable bonds is 8. The summed E-state index contributed by atoms with van der Waals surface area (Å²) in [6, 6.07) is 14.2. The number of nitrogens with zero attached hydrogens (tertiary/aromatic N) is 2. The summed E-state index contributed by atoms with van der Waals surface area (Å²) in [5.74, 6) is -0.765. The highest BCUT2D eigenvalue weighted by molar-refractivity contribution is 7.89. The third kappa shape index (κ3) is 5.20. The van der Waals surface area contributed by atoms with Crippen LogP contribution in [0.25, 0.3) is 0 Å². The molecule has 0 spiro atoms. The molecular formula is C22H29N3O5S2. The van der Waals surface area contributed by atoms with Crippen LogP contribution in [0.4, 0.5) is 5.69 Å². The largest absolute Gasteiger partial charge is 0.326 e. The summed E-state index contributed by atoms with van der Waals surface area (Å²) in [7, 11) is -7.22. The highest BCUT2D eigenvalue weighted by Crippen LogP contribution is 2.25. The van der Waals surface area contributed by atoms with Gasteiger partial charge in [-0.25, -0.2) is 16.8 Å². The molecule has 2 aromatic carbocycles. The van der Waals surface area contributed by atoms with Gasteiger partial charge < -0.3 is 5.32 Å². The Morgan fingerprint density at radius 1 is 0.969 bits per heavy atom. The van der Waals surface area contributed by atoms with Gasteiger partial charge in [0.1, 0.15) is 0 Å². The molecule has 0 aromatic heterocycles. The van der Waals surface area contributed by atoms with Crippen LogP contribution >= 0.6 is 0 Å². The molecule has 10 heteroatoms. The van der Waals surface area contributed by atoms with Gasteiger partial charge in [-0.15, -0.1) is 0 Å². The standard InChI is InChI=1S/C22H29N3O5S2/c1-3-24(4-2)31(27,28)21-14-12-19(13-15-21)23-22(26)18-9-8-16-25(17-18)32(29,30)20-10-6-5-7-11-20/h5-7,10-15,18H,3-4,8-9,16-17H2,1-2H3,(H,23,26)/t18-/m0/s1. The van der Waals surface area contributed by atoms with Crippen LogP contribution in [-0.2, 0) is 24.8 Å². The van der Waals surface area contributed by atoms with Gasteiger partial charge in [0.05, 0.1) is 15.7 Å². The van der Waals surface area contributed by atoms with E-state index in [1.165, 1.54) is 20.7 Å². The van der Waals surface area contributed by atoms with Crippen molar-refractivity contribution in [3.8, 4) is 0 Å². The molecule has 1 aliphatic heterocycles. The molecule has 1 saturated heterocycles. The van der Waals surface area contributed by atoms with E-state index in [1.807, 2.05) is 0 Å². The van der Waals surface area contributed by atoms with Crippen LogP contribution in [0.1, 0.15) is 26.7 Å². The fourth-order valence-corrected chi connectivity index (χ4v) is 6.79. The summed E-state index contributed by atoms with van der Waals surface area (Å²) in [6.45, 7) is 4.79. The topological polar surface area (TPSA) is 104 Å². The van der Waals surface area contributed by atoms with Crippen LogP contribution in [0.3, 0.4) is 0 Å². The summed E-state index contributed by atoms with van der Waals surface area (Å²) in [5.41, 5.74) is 0.469. The van der Waals surface area contributed by atoms with Crippen LogP contribution in [0, 0.1) is 5.92 Å². The zero-order chi connectivity index (χ0) is 23.4. The van der Waals surface area contributed by atoms with Crippen molar-refractivity contribution in [2.24, 2.45) is 5.92 Å². The molecule has 1 amide bonds. The predicted octanol–water partition coefficient (Wildman–Crippen LogP) is 2.76. The van der Waals surface area contributed by atoms with E-state index in [9.17, 15) is 21.6 Å². The number of hydrogen-bond donors (Lipinski definition) is 1. The van der Waals surface area contributed by atoms with Gasteiger partial charge in [0.2, 0.25) is 26.0 Å². The van der Waals surface area contributed by atoms with Crippen LogP contribution in [0.15, 0.2) is 64.4 Å². The van der Waals surface area contributed by atoms with Crippen LogP contribution in [-0.4, -0.2) is 57.5 Å². The second-order valence-corrected chi connectivity index (χ2v) is 11.5. The summed E-state index contributed by atoms with van der Waals surface area (Å²) in [5, 5.41) is 2.79. The van der Waals surface area contributed by atoms with E-state index in [4.69, 9.17) is 0 Å². The third-order valence-corrected chi connectivity index (χ3v) is 9.54. The van der Waals surface area contributed by atoms with Gasteiger partial charge in [0.25, 0.3) is 0 Å². The van der Waals surface area contributed by atoms with E-state index in [-0.39, 0.29) is 22.2 Å². The van der Waals surface area contributed by atoms with Crippen molar-refractivity contribution >= 4 is 31.6 Å². The molecule has 0 radical (unpaired) electrons.